The van der Waals surface area contributed by atoms with E-state index in [-0.39, 0.29) is 12.1 Å². The normalized spacial score (nSPS) is 20.6. The predicted octanol–water partition coefficient (Wildman–Crippen LogP) is 2.65. The van der Waals surface area contributed by atoms with Gasteiger partial charge in [0, 0.05) is 31.8 Å². The van der Waals surface area contributed by atoms with E-state index in [1.165, 1.54) is 0 Å². The van der Waals surface area contributed by atoms with Crippen LogP contribution in [-0.2, 0) is 9.47 Å². The van der Waals surface area contributed by atoms with E-state index in [0.29, 0.717) is 18.5 Å². The largest absolute Gasteiger partial charge is 0.444 e. The molecule has 0 aliphatic carbocycles. The number of carbonyl (C=O) groups is 1. The van der Waals surface area contributed by atoms with Crippen molar-refractivity contribution in [2.24, 2.45) is 5.92 Å². The first kappa shape index (κ1) is 18.2. The fourth-order valence-corrected chi connectivity index (χ4v) is 2.41. The number of amides is 1. The van der Waals surface area contributed by atoms with Crippen LogP contribution in [0.4, 0.5) is 4.79 Å². The molecule has 0 aromatic rings. The molecule has 1 rings (SSSR count). The zero-order valence-electron chi connectivity index (χ0n) is 14.4. The summed E-state index contributed by atoms with van der Waals surface area (Å²) in [7, 11) is 0. The molecule has 124 valence electrons. The molecule has 2 atom stereocenters. The van der Waals surface area contributed by atoms with Gasteiger partial charge >= 0.3 is 6.09 Å². The lowest BCUT2D eigenvalue weighted by molar-refractivity contribution is 0.0191. The van der Waals surface area contributed by atoms with E-state index < -0.39 is 5.60 Å². The van der Waals surface area contributed by atoms with Crippen molar-refractivity contribution in [2.45, 2.75) is 65.6 Å². The van der Waals surface area contributed by atoms with Crippen LogP contribution in [0.25, 0.3) is 0 Å². The maximum absolute atomic E-state index is 12.2. The zero-order chi connectivity index (χ0) is 16.0. The Bertz CT molecular complexity index is 320. The Morgan fingerprint density at radius 2 is 2.05 bits per heavy atom. The lowest BCUT2D eigenvalue weighted by Gasteiger charge is -2.31. The number of carbonyl (C=O) groups excluding carboxylic acids is 1. The van der Waals surface area contributed by atoms with E-state index in [2.05, 4.69) is 12.2 Å². The maximum Gasteiger partial charge on any atom is 0.410 e. The van der Waals surface area contributed by atoms with Gasteiger partial charge in [-0.25, -0.2) is 4.79 Å². The molecule has 0 spiro atoms. The Morgan fingerprint density at radius 3 is 2.52 bits per heavy atom. The van der Waals surface area contributed by atoms with Gasteiger partial charge < -0.3 is 19.7 Å². The molecule has 1 aliphatic heterocycles. The van der Waals surface area contributed by atoms with E-state index in [9.17, 15) is 4.79 Å². The van der Waals surface area contributed by atoms with Crippen LogP contribution in [0, 0.1) is 5.92 Å². The minimum absolute atomic E-state index is 0.131. The highest BCUT2D eigenvalue weighted by atomic mass is 16.6. The van der Waals surface area contributed by atoms with Crippen molar-refractivity contribution in [3.63, 3.8) is 0 Å². The summed E-state index contributed by atoms with van der Waals surface area (Å²) >= 11 is 0. The average Bonchev–Trinajstić information content (AvgIpc) is 2.85. The van der Waals surface area contributed by atoms with Gasteiger partial charge in [0.15, 0.2) is 0 Å². The van der Waals surface area contributed by atoms with Crippen molar-refractivity contribution in [1.29, 1.82) is 0 Å². The summed E-state index contributed by atoms with van der Waals surface area (Å²) < 4.78 is 10.9. The smallest absolute Gasteiger partial charge is 0.410 e. The Hall–Kier alpha value is -0.810. The minimum atomic E-state index is -0.452. The fraction of sp³-hybridized carbons (Fsp3) is 0.938. The van der Waals surface area contributed by atoms with Gasteiger partial charge in [-0.2, -0.15) is 0 Å². The van der Waals surface area contributed by atoms with Gasteiger partial charge in [-0.05, 0) is 53.9 Å². The van der Waals surface area contributed by atoms with Crippen LogP contribution in [0.1, 0.15) is 48.0 Å². The van der Waals surface area contributed by atoms with E-state index in [1.807, 2.05) is 34.6 Å². The van der Waals surface area contributed by atoms with Crippen LogP contribution < -0.4 is 5.32 Å². The molecule has 0 aromatic heterocycles. The molecule has 1 N–H and O–H groups in total. The Morgan fingerprint density at radius 1 is 1.38 bits per heavy atom. The quantitative estimate of drug-likeness (QED) is 0.819. The van der Waals surface area contributed by atoms with Crippen LogP contribution in [0.2, 0.25) is 0 Å². The SMILES string of the molecule is CC(NCCN(C(=O)OC(C)(C)C)C(C)C)C1CCOC1. The summed E-state index contributed by atoms with van der Waals surface area (Å²) in [6, 6.07) is 0.548. The van der Waals surface area contributed by atoms with Gasteiger partial charge in [0.1, 0.15) is 5.60 Å². The third kappa shape index (κ3) is 6.66. The number of nitrogens with one attached hydrogen (secondary N) is 1. The molecule has 5 nitrogen and oxygen atoms in total. The summed E-state index contributed by atoms with van der Waals surface area (Å²) in [6.07, 6.45) is 0.880. The van der Waals surface area contributed by atoms with Crippen LogP contribution in [0.5, 0.6) is 0 Å². The molecule has 1 heterocycles. The molecule has 1 saturated heterocycles. The topological polar surface area (TPSA) is 50.8 Å². The Labute approximate surface area is 129 Å². The highest BCUT2D eigenvalue weighted by Gasteiger charge is 2.25. The van der Waals surface area contributed by atoms with Gasteiger partial charge in [0.25, 0.3) is 0 Å². The van der Waals surface area contributed by atoms with E-state index >= 15 is 0 Å². The van der Waals surface area contributed by atoms with E-state index in [4.69, 9.17) is 9.47 Å². The molecule has 5 heteroatoms. The molecular weight excluding hydrogens is 268 g/mol. The first-order valence-corrected chi connectivity index (χ1v) is 8.01. The molecule has 21 heavy (non-hydrogen) atoms. The van der Waals surface area contributed by atoms with Gasteiger partial charge in [0.2, 0.25) is 0 Å². The maximum atomic E-state index is 12.2. The van der Waals surface area contributed by atoms with Crippen molar-refractivity contribution >= 4 is 6.09 Å². The second-order valence-electron chi connectivity index (χ2n) is 7.13. The minimum Gasteiger partial charge on any atom is -0.444 e. The summed E-state index contributed by atoms with van der Waals surface area (Å²) in [4.78, 5) is 14.0. The number of nitrogens with zero attached hydrogens (tertiary/aromatic N) is 1. The van der Waals surface area contributed by atoms with Crippen LogP contribution in [0.3, 0.4) is 0 Å². The van der Waals surface area contributed by atoms with Gasteiger partial charge in [0.05, 0.1) is 6.61 Å². The van der Waals surface area contributed by atoms with Crippen LogP contribution >= 0.6 is 0 Å². The highest BCUT2D eigenvalue weighted by Crippen LogP contribution is 2.16. The number of rotatable bonds is 6. The van der Waals surface area contributed by atoms with Gasteiger partial charge in [-0.1, -0.05) is 0 Å². The van der Waals surface area contributed by atoms with Crippen molar-refractivity contribution in [1.82, 2.24) is 10.2 Å². The van der Waals surface area contributed by atoms with Crippen molar-refractivity contribution in [3.05, 3.63) is 0 Å². The molecule has 1 amide bonds. The van der Waals surface area contributed by atoms with Crippen LogP contribution in [0.15, 0.2) is 0 Å². The summed E-state index contributed by atoms with van der Waals surface area (Å²) in [5, 5.41) is 3.50. The monoisotopic (exact) mass is 300 g/mol. The summed E-state index contributed by atoms with van der Waals surface area (Å²) in [5.74, 6) is 0.582. The summed E-state index contributed by atoms with van der Waals surface area (Å²) in [6.45, 7) is 15.0. The van der Waals surface area contributed by atoms with Crippen molar-refractivity contribution in [3.8, 4) is 0 Å². The first-order chi connectivity index (χ1) is 9.70. The second-order valence-corrected chi connectivity index (χ2v) is 7.13. The third-order valence-electron chi connectivity index (χ3n) is 3.74. The van der Waals surface area contributed by atoms with Crippen LogP contribution in [-0.4, -0.2) is 55.0 Å². The summed E-state index contributed by atoms with van der Waals surface area (Å²) in [5.41, 5.74) is -0.452. The lowest BCUT2D eigenvalue weighted by Crippen LogP contribution is -2.46. The number of hydrogen-bond acceptors (Lipinski definition) is 4. The molecule has 1 aliphatic rings. The molecule has 2 unspecified atom stereocenters. The molecule has 0 radical (unpaired) electrons. The van der Waals surface area contributed by atoms with Gasteiger partial charge in [-0.15, -0.1) is 0 Å². The first-order valence-electron chi connectivity index (χ1n) is 8.01. The second kappa shape index (κ2) is 7.99. The number of hydrogen-bond donors (Lipinski definition) is 1. The standard InChI is InChI=1S/C16H32N2O3/c1-12(2)18(15(19)21-16(4,5)6)9-8-17-13(3)14-7-10-20-11-14/h12-14,17H,7-11H2,1-6H3. The third-order valence-corrected chi connectivity index (χ3v) is 3.74. The molecule has 0 aromatic carbocycles. The highest BCUT2D eigenvalue weighted by molar-refractivity contribution is 5.68. The molecule has 0 saturated carbocycles. The van der Waals surface area contributed by atoms with Crippen molar-refractivity contribution < 1.29 is 14.3 Å². The Kier molecular flexibility index (Phi) is 6.94. The Balaban J connectivity index is 2.38. The van der Waals surface area contributed by atoms with E-state index in [1.54, 1.807) is 4.90 Å². The average molecular weight is 300 g/mol. The van der Waals surface area contributed by atoms with Crippen molar-refractivity contribution in [2.75, 3.05) is 26.3 Å². The molecule has 0 bridgehead atoms. The lowest BCUT2D eigenvalue weighted by atomic mass is 10.0. The fourth-order valence-electron chi connectivity index (χ4n) is 2.41. The molecular formula is C16H32N2O3. The molecule has 1 fully saturated rings. The zero-order valence-corrected chi connectivity index (χ0v) is 14.4. The number of ether oxygens (including phenoxy) is 2. The van der Waals surface area contributed by atoms with Gasteiger partial charge in [-0.3, -0.25) is 0 Å². The van der Waals surface area contributed by atoms with E-state index in [0.717, 1.165) is 26.2 Å². The predicted molar refractivity (Wildman–Crippen MR) is 84.5 cm³/mol.